The lowest BCUT2D eigenvalue weighted by molar-refractivity contribution is -0.140. The van der Waals surface area contributed by atoms with Gasteiger partial charge in [0, 0.05) is 6.42 Å². The molecule has 176 valence electrons. The van der Waals surface area contributed by atoms with Crippen molar-refractivity contribution in [1.29, 1.82) is 0 Å². The first kappa shape index (κ1) is 26.4. The molecule has 0 aliphatic heterocycles. The molecule has 1 aromatic rings. The summed E-state index contributed by atoms with van der Waals surface area (Å²) in [5.74, 6) is -1.38. The van der Waals surface area contributed by atoms with Gasteiger partial charge in [0.05, 0.1) is 5.69 Å². The Hall–Kier alpha value is -3.63. The third-order valence-electron chi connectivity index (χ3n) is 3.42. The molecule has 4 N–H and O–H groups in total. The predicted molar refractivity (Wildman–Crippen MR) is 117 cm³/mol. The highest BCUT2D eigenvalue weighted by Gasteiger charge is 2.21. The van der Waals surface area contributed by atoms with Crippen molar-refractivity contribution < 1.29 is 33.8 Å². The first-order chi connectivity index (χ1) is 14.7. The van der Waals surface area contributed by atoms with Crippen molar-refractivity contribution >= 4 is 36.2 Å². The molecule has 3 amide bonds. The summed E-state index contributed by atoms with van der Waals surface area (Å²) in [6.07, 6.45) is -1.26. The van der Waals surface area contributed by atoms with Crippen molar-refractivity contribution in [1.82, 2.24) is 16.0 Å². The van der Waals surface area contributed by atoms with Gasteiger partial charge in [-0.25, -0.2) is 19.4 Å². The Morgan fingerprint density at radius 2 is 1.44 bits per heavy atom. The molecule has 1 atom stereocenters. The third kappa shape index (κ3) is 11.0. The number of carboxylic acids is 1. The summed E-state index contributed by atoms with van der Waals surface area (Å²) >= 11 is 0. The summed E-state index contributed by atoms with van der Waals surface area (Å²) < 4.78 is 10.4. The quantitative estimate of drug-likeness (QED) is 0.295. The van der Waals surface area contributed by atoms with Crippen LogP contribution >= 0.6 is 0 Å². The third-order valence-corrected chi connectivity index (χ3v) is 3.42. The standard InChI is InChI=1S/C21H30N4O7/c1-20(2,3)31-18(29)24-17(25-19(30)32-21(4,5)6)23-14-9-7-13(8-10-14)11-15(16(27)28)22-12-26/h7-10,12,15H,11H2,1-6H3,(H,22,26)(H,27,28)(H2,23,24,25,29,30)/t15-/m0/s1. The molecule has 0 spiro atoms. The van der Waals surface area contributed by atoms with E-state index < -0.39 is 35.4 Å². The first-order valence-corrected chi connectivity index (χ1v) is 9.78. The van der Waals surface area contributed by atoms with Crippen molar-refractivity contribution in [3.8, 4) is 0 Å². The monoisotopic (exact) mass is 450 g/mol. The van der Waals surface area contributed by atoms with Crippen LogP contribution in [0, 0.1) is 0 Å². The molecule has 0 bridgehead atoms. The van der Waals surface area contributed by atoms with Crippen molar-refractivity contribution in [2.24, 2.45) is 4.99 Å². The average Bonchev–Trinajstić information content (AvgIpc) is 2.59. The van der Waals surface area contributed by atoms with E-state index in [9.17, 15) is 19.2 Å². The zero-order valence-corrected chi connectivity index (χ0v) is 19.0. The molecule has 0 saturated heterocycles. The number of benzene rings is 1. The molecule has 0 aliphatic carbocycles. The van der Waals surface area contributed by atoms with E-state index in [1.807, 2.05) is 0 Å². The summed E-state index contributed by atoms with van der Waals surface area (Å²) in [5.41, 5.74) is -0.545. The lowest BCUT2D eigenvalue weighted by Gasteiger charge is -2.22. The van der Waals surface area contributed by atoms with E-state index in [-0.39, 0.29) is 12.4 Å². The summed E-state index contributed by atoms with van der Waals surface area (Å²) in [6, 6.07) is 5.27. The number of guanidine groups is 1. The van der Waals surface area contributed by atoms with E-state index in [0.29, 0.717) is 17.7 Å². The van der Waals surface area contributed by atoms with Gasteiger partial charge in [0.1, 0.15) is 17.2 Å². The molecular formula is C21H30N4O7. The number of carbonyl (C=O) groups excluding carboxylic acids is 3. The van der Waals surface area contributed by atoms with Crippen molar-refractivity contribution in [2.75, 3.05) is 0 Å². The van der Waals surface area contributed by atoms with Crippen LogP contribution in [0.15, 0.2) is 29.3 Å². The minimum absolute atomic E-state index is 0.0667. The number of nitrogens with zero attached hydrogens (tertiary/aromatic N) is 1. The van der Waals surface area contributed by atoms with Gasteiger partial charge in [0.2, 0.25) is 12.4 Å². The van der Waals surface area contributed by atoms with Gasteiger partial charge in [-0.3, -0.25) is 15.4 Å². The van der Waals surface area contributed by atoms with E-state index in [1.54, 1.807) is 65.8 Å². The van der Waals surface area contributed by atoms with E-state index >= 15 is 0 Å². The number of nitrogens with one attached hydrogen (secondary N) is 3. The second-order valence-electron chi connectivity index (χ2n) is 8.76. The zero-order chi connectivity index (χ0) is 24.5. The number of rotatable bonds is 6. The minimum Gasteiger partial charge on any atom is -0.480 e. The number of carboxylic acid groups (broad SMARTS) is 1. The van der Waals surface area contributed by atoms with Crippen LogP contribution in [0.1, 0.15) is 47.1 Å². The summed E-state index contributed by atoms with van der Waals surface area (Å²) in [4.78, 5) is 50.2. The molecule has 0 saturated carbocycles. The highest BCUT2D eigenvalue weighted by molar-refractivity contribution is 6.02. The SMILES string of the molecule is CC(C)(C)OC(=O)NC(=Nc1ccc(C[C@H](NC=O)C(=O)O)cc1)NC(=O)OC(C)(C)C. The molecule has 0 aromatic heterocycles. The lowest BCUT2D eigenvalue weighted by atomic mass is 10.1. The molecule has 0 unspecified atom stereocenters. The smallest absolute Gasteiger partial charge is 0.414 e. The van der Waals surface area contributed by atoms with Gasteiger partial charge in [-0.2, -0.15) is 0 Å². The Bertz CT molecular complexity index is 820. The molecule has 32 heavy (non-hydrogen) atoms. The molecule has 1 aromatic carbocycles. The largest absolute Gasteiger partial charge is 0.480 e. The molecule has 11 nitrogen and oxygen atoms in total. The van der Waals surface area contributed by atoms with Gasteiger partial charge in [-0.15, -0.1) is 0 Å². The van der Waals surface area contributed by atoms with E-state index in [4.69, 9.17) is 14.6 Å². The number of aliphatic carboxylic acids is 1. The van der Waals surface area contributed by atoms with Crippen LogP contribution in [0.5, 0.6) is 0 Å². The van der Waals surface area contributed by atoms with Crippen LogP contribution in [-0.4, -0.2) is 52.9 Å². The van der Waals surface area contributed by atoms with Gasteiger partial charge in [0.25, 0.3) is 0 Å². The Kier molecular flexibility index (Phi) is 9.18. The number of amides is 3. The number of carbonyl (C=O) groups is 4. The molecule has 0 radical (unpaired) electrons. The van der Waals surface area contributed by atoms with Gasteiger partial charge in [-0.05, 0) is 59.2 Å². The molecule has 0 heterocycles. The summed E-state index contributed by atoms with van der Waals surface area (Å²) in [6.45, 7) is 10.1. The number of hydrogen-bond donors (Lipinski definition) is 4. The van der Waals surface area contributed by atoms with Crippen molar-refractivity contribution in [3.05, 3.63) is 29.8 Å². The Morgan fingerprint density at radius 1 is 0.969 bits per heavy atom. The van der Waals surface area contributed by atoms with Crippen LogP contribution in [0.3, 0.4) is 0 Å². The Morgan fingerprint density at radius 3 is 1.81 bits per heavy atom. The van der Waals surface area contributed by atoms with E-state index in [0.717, 1.165) is 0 Å². The number of aliphatic imine (C=N–C) groups is 1. The zero-order valence-electron chi connectivity index (χ0n) is 19.0. The summed E-state index contributed by atoms with van der Waals surface area (Å²) in [7, 11) is 0. The average molecular weight is 450 g/mol. The second-order valence-corrected chi connectivity index (χ2v) is 8.76. The van der Waals surface area contributed by atoms with Crippen molar-refractivity contribution in [3.63, 3.8) is 0 Å². The fraction of sp³-hybridized carbons (Fsp3) is 0.476. The molecular weight excluding hydrogens is 420 g/mol. The number of ether oxygens (including phenoxy) is 2. The van der Waals surface area contributed by atoms with Gasteiger partial charge in [0.15, 0.2) is 0 Å². The van der Waals surface area contributed by atoms with Crippen LogP contribution in [0.4, 0.5) is 15.3 Å². The lowest BCUT2D eigenvalue weighted by Crippen LogP contribution is -2.47. The minimum atomic E-state index is -1.16. The first-order valence-electron chi connectivity index (χ1n) is 9.78. The maximum Gasteiger partial charge on any atom is 0.414 e. The molecule has 0 fully saturated rings. The number of alkyl carbamates (subject to hydrolysis) is 2. The maximum atomic E-state index is 12.1. The normalized spacial score (nSPS) is 12.1. The fourth-order valence-electron chi connectivity index (χ4n) is 2.26. The number of hydrogen-bond acceptors (Lipinski definition) is 7. The van der Waals surface area contributed by atoms with Gasteiger partial charge < -0.3 is 19.9 Å². The Balaban J connectivity index is 3.04. The molecule has 1 rings (SSSR count). The summed E-state index contributed by atoms with van der Waals surface area (Å²) in [5, 5.41) is 16.1. The van der Waals surface area contributed by atoms with Gasteiger partial charge in [-0.1, -0.05) is 12.1 Å². The van der Waals surface area contributed by atoms with Crippen LogP contribution in [0.25, 0.3) is 0 Å². The van der Waals surface area contributed by atoms with Crippen molar-refractivity contribution in [2.45, 2.75) is 65.2 Å². The van der Waals surface area contributed by atoms with E-state index in [1.165, 1.54) is 0 Å². The van der Waals surface area contributed by atoms with E-state index in [2.05, 4.69) is 20.9 Å². The maximum absolute atomic E-state index is 12.1. The topological polar surface area (TPSA) is 155 Å². The van der Waals surface area contributed by atoms with Crippen LogP contribution in [-0.2, 0) is 25.5 Å². The molecule has 11 heteroatoms. The highest BCUT2D eigenvalue weighted by atomic mass is 16.6. The Labute approximate surface area is 186 Å². The van der Waals surface area contributed by atoms with Crippen LogP contribution in [0.2, 0.25) is 0 Å². The highest BCUT2D eigenvalue weighted by Crippen LogP contribution is 2.15. The fourth-order valence-corrected chi connectivity index (χ4v) is 2.26. The van der Waals surface area contributed by atoms with Crippen LogP contribution < -0.4 is 16.0 Å². The molecule has 0 aliphatic rings. The second kappa shape index (κ2) is 11.1. The van der Waals surface area contributed by atoms with Gasteiger partial charge >= 0.3 is 18.2 Å². The predicted octanol–water partition coefficient (Wildman–Crippen LogP) is 2.47.